The number of hydrogen-bond donors (Lipinski definition) is 1. The molecule has 0 saturated carbocycles. The lowest BCUT2D eigenvalue weighted by molar-refractivity contribution is -0.135. The van der Waals surface area contributed by atoms with Crippen LogP contribution in [-0.4, -0.2) is 28.2 Å². The Morgan fingerprint density at radius 3 is 3.05 bits per heavy atom. The first-order valence-electron chi connectivity index (χ1n) is 6.64. The molecule has 3 rings (SSSR count). The second-order valence-corrected chi connectivity index (χ2v) is 5.50. The normalized spacial score (nSPS) is 16.4. The Balaban J connectivity index is 1.93. The van der Waals surface area contributed by atoms with Gasteiger partial charge in [0.15, 0.2) is 0 Å². The molecule has 0 bridgehead atoms. The van der Waals surface area contributed by atoms with E-state index in [0.717, 1.165) is 18.5 Å². The number of halogens is 1. The number of carbonyl (C=O) groups is 1. The Kier molecular flexibility index (Phi) is 3.23. The minimum absolute atomic E-state index is 0.103. The van der Waals surface area contributed by atoms with Crippen molar-refractivity contribution in [1.29, 1.82) is 0 Å². The molecule has 100 valence electrons. The predicted octanol–water partition coefficient (Wildman–Crippen LogP) is 2.93. The summed E-state index contributed by atoms with van der Waals surface area (Å²) in [6.07, 6.45) is 0.894. The summed E-state index contributed by atoms with van der Waals surface area (Å²) in [5.41, 5.74) is 3.69. The van der Waals surface area contributed by atoms with Crippen LogP contribution >= 0.6 is 11.6 Å². The first kappa shape index (κ1) is 12.5. The molecule has 1 aromatic heterocycles. The molecule has 1 aliphatic rings. The number of amides is 1. The van der Waals surface area contributed by atoms with Gasteiger partial charge in [0.2, 0.25) is 5.91 Å². The van der Waals surface area contributed by atoms with E-state index in [-0.39, 0.29) is 11.8 Å². The third-order valence-corrected chi connectivity index (χ3v) is 4.31. The lowest BCUT2D eigenvalue weighted by Crippen LogP contribution is -2.39. The molecule has 0 fully saturated rings. The standard InChI is InChI=1S/C15H17ClN2O/c1-10(8-16)15(19)18-7-6-14-12(9-18)11-4-2-3-5-13(11)17-14/h2-5,10,17H,6-9H2,1H3. The van der Waals surface area contributed by atoms with Crippen molar-refractivity contribution in [2.45, 2.75) is 19.9 Å². The lowest BCUT2D eigenvalue weighted by atomic mass is 10.0. The third-order valence-electron chi connectivity index (χ3n) is 3.85. The van der Waals surface area contributed by atoms with Gasteiger partial charge in [0.1, 0.15) is 0 Å². The zero-order valence-electron chi connectivity index (χ0n) is 10.9. The zero-order valence-corrected chi connectivity index (χ0v) is 11.7. The molecule has 4 heteroatoms. The van der Waals surface area contributed by atoms with E-state index in [2.05, 4.69) is 17.1 Å². The molecule has 0 radical (unpaired) electrons. The Bertz CT molecular complexity index is 620. The molecule has 19 heavy (non-hydrogen) atoms. The molecule has 2 aromatic rings. The summed E-state index contributed by atoms with van der Waals surface area (Å²) in [4.78, 5) is 17.6. The maximum atomic E-state index is 12.2. The zero-order chi connectivity index (χ0) is 13.4. The number of para-hydroxylation sites is 1. The van der Waals surface area contributed by atoms with Crippen LogP contribution in [0.15, 0.2) is 24.3 Å². The summed E-state index contributed by atoms with van der Waals surface area (Å²) >= 11 is 5.79. The SMILES string of the molecule is CC(CCl)C(=O)N1CCc2[nH]c3ccccc3c2C1. The van der Waals surface area contributed by atoms with Crippen LogP contribution in [0.3, 0.4) is 0 Å². The molecule has 1 N–H and O–H groups in total. The van der Waals surface area contributed by atoms with E-state index in [0.29, 0.717) is 12.4 Å². The Morgan fingerprint density at radius 1 is 1.47 bits per heavy atom. The Hall–Kier alpha value is -1.48. The lowest BCUT2D eigenvalue weighted by Gasteiger charge is -2.29. The van der Waals surface area contributed by atoms with E-state index >= 15 is 0 Å². The van der Waals surface area contributed by atoms with Gasteiger partial charge in [-0.1, -0.05) is 25.1 Å². The monoisotopic (exact) mass is 276 g/mol. The molecule has 0 aliphatic carbocycles. The van der Waals surface area contributed by atoms with E-state index in [1.165, 1.54) is 16.6 Å². The van der Waals surface area contributed by atoms with Crippen LogP contribution in [0, 0.1) is 5.92 Å². The number of aromatic nitrogens is 1. The number of carbonyl (C=O) groups excluding carboxylic acids is 1. The largest absolute Gasteiger partial charge is 0.358 e. The van der Waals surface area contributed by atoms with Crippen LogP contribution in [0.2, 0.25) is 0 Å². The van der Waals surface area contributed by atoms with Gasteiger partial charge in [-0.25, -0.2) is 0 Å². The first-order chi connectivity index (χ1) is 9.20. The summed E-state index contributed by atoms with van der Waals surface area (Å²) in [6, 6.07) is 8.27. The molecule has 1 aliphatic heterocycles. The van der Waals surface area contributed by atoms with Crippen LogP contribution < -0.4 is 0 Å². The maximum Gasteiger partial charge on any atom is 0.226 e. The number of alkyl halides is 1. The quantitative estimate of drug-likeness (QED) is 0.841. The number of fused-ring (bicyclic) bond motifs is 3. The van der Waals surface area contributed by atoms with E-state index in [1.54, 1.807) is 0 Å². The highest BCUT2D eigenvalue weighted by atomic mass is 35.5. The van der Waals surface area contributed by atoms with E-state index < -0.39 is 0 Å². The van der Waals surface area contributed by atoms with E-state index in [1.807, 2.05) is 24.0 Å². The molecule has 1 amide bonds. The van der Waals surface area contributed by atoms with Crippen molar-refractivity contribution in [3.8, 4) is 0 Å². The summed E-state index contributed by atoms with van der Waals surface area (Å²) in [5.74, 6) is 0.440. The molecular weight excluding hydrogens is 260 g/mol. The number of H-pyrrole nitrogens is 1. The van der Waals surface area contributed by atoms with E-state index in [4.69, 9.17) is 11.6 Å². The number of nitrogens with zero attached hydrogens (tertiary/aromatic N) is 1. The molecule has 0 saturated heterocycles. The van der Waals surface area contributed by atoms with Gasteiger partial charge >= 0.3 is 0 Å². The number of benzene rings is 1. The van der Waals surface area contributed by atoms with Crippen molar-refractivity contribution in [3.05, 3.63) is 35.5 Å². The first-order valence-corrected chi connectivity index (χ1v) is 7.17. The Labute approximate surface area is 117 Å². The summed E-state index contributed by atoms with van der Waals surface area (Å²) in [6.45, 7) is 3.36. The molecule has 1 aromatic carbocycles. The Morgan fingerprint density at radius 2 is 2.26 bits per heavy atom. The summed E-state index contributed by atoms with van der Waals surface area (Å²) in [7, 11) is 0. The van der Waals surface area contributed by atoms with Gasteiger partial charge < -0.3 is 9.88 Å². The van der Waals surface area contributed by atoms with E-state index in [9.17, 15) is 4.79 Å². The number of nitrogens with one attached hydrogen (secondary N) is 1. The number of rotatable bonds is 2. The molecular formula is C15H17ClN2O. The maximum absolute atomic E-state index is 12.2. The molecule has 1 atom stereocenters. The van der Waals surface area contributed by atoms with Crippen LogP contribution in [0.1, 0.15) is 18.2 Å². The van der Waals surface area contributed by atoms with Crippen molar-refractivity contribution in [3.63, 3.8) is 0 Å². The van der Waals surface area contributed by atoms with Gasteiger partial charge in [-0.3, -0.25) is 4.79 Å². The minimum Gasteiger partial charge on any atom is -0.358 e. The average Bonchev–Trinajstić information content (AvgIpc) is 2.83. The highest BCUT2D eigenvalue weighted by Gasteiger charge is 2.26. The second-order valence-electron chi connectivity index (χ2n) is 5.19. The smallest absolute Gasteiger partial charge is 0.226 e. The van der Waals surface area contributed by atoms with Crippen molar-refractivity contribution < 1.29 is 4.79 Å². The predicted molar refractivity (Wildman–Crippen MR) is 77.3 cm³/mol. The fraction of sp³-hybridized carbons (Fsp3) is 0.400. The molecule has 3 nitrogen and oxygen atoms in total. The van der Waals surface area contributed by atoms with Gasteiger partial charge in [0, 0.05) is 53.5 Å². The fourth-order valence-corrected chi connectivity index (χ4v) is 2.86. The third kappa shape index (κ3) is 2.12. The van der Waals surface area contributed by atoms with Crippen LogP contribution in [0.5, 0.6) is 0 Å². The van der Waals surface area contributed by atoms with Crippen molar-refractivity contribution in [2.24, 2.45) is 5.92 Å². The van der Waals surface area contributed by atoms with Crippen molar-refractivity contribution in [2.75, 3.05) is 12.4 Å². The van der Waals surface area contributed by atoms with Gasteiger partial charge in [0.25, 0.3) is 0 Å². The number of hydrogen-bond acceptors (Lipinski definition) is 1. The van der Waals surface area contributed by atoms with Crippen LogP contribution in [-0.2, 0) is 17.8 Å². The van der Waals surface area contributed by atoms with Gasteiger partial charge in [-0.2, -0.15) is 0 Å². The van der Waals surface area contributed by atoms with Crippen LogP contribution in [0.25, 0.3) is 10.9 Å². The minimum atomic E-state index is -0.103. The summed E-state index contributed by atoms with van der Waals surface area (Å²) < 4.78 is 0. The molecule has 0 spiro atoms. The van der Waals surface area contributed by atoms with Gasteiger partial charge in [0.05, 0.1) is 0 Å². The van der Waals surface area contributed by atoms with Crippen molar-refractivity contribution in [1.82, 2.24) is 9.88 Å². The molecule has 1 unspecified atom stereocenters. The highest BCUT2D eigenvalue weighted by molar-refractivity contribution is 6.19. The number of aromatic amines is 1. The van der Waals surface area contributed by atoms with Crippen LogP contribution in [0.4, 0.5) is 0 Å². The fourth-order valence-electron chi connectivity index (χ4n) is 2.73. The second kappa shape index (κ2) is 4.89. The summed E-state index contributed by atoms with van der Waals surface area (Å²) in [5, 5.41) is 1.23. The van der Waals surface area contributed by atoms with Gasteiger partial charge in [-0.15, -0.1) is 11.6 Å². The average molecular weight is 277 g/mol. The van der Waals surface area contributed by atoms with Crippen molar-refractivity contribution >= 4 is 28.4 Å². The highest BCUT2D eigenvalue weighted by Crippen LogP contribution is 2.28. The molecule has 2 heterocycles. The van der Waals surface area contributed by atoms with Gasteiger partial charge in [-0.05, 0) is 6.07 Å². The topological polar surface area (TPSA) is 36.1 Å².